The van der Waals surface area contributed by atoms with Crippen molar-refractivity contribution >= 4 is 41.5 Å². The molecule has 2 saturated carbocycles. The molecule has 3 aromatic rings. The molecule has 1 amide bonds. The van der Waals surface area contributed by atoms with Crippen molar-refractivity contribution in [2.24, 2.45) is 16.7 Å². The number of Topliss-reactive ketones (excluding diaryl/α,β-unsaturated/α-hetero) is 1. The van der Waals surface area contributed by atoms with E-state index < -0.39 is 119 Å². The summed E-state index contributed by atoms with van der Waals surface area (Å²) in [5.74, 6) is -7.27. The van der Waals surface area contributed by atoms with Gasteiger partial charge in [0.25, 0.3) is 5.91 Å². The van der Waals surface area contributed by atoms with Crippen LogP contribution in [0.25, 0.3) is 0 Å². The number of benzene rings is 3. The molecule has 0 aromatic heterocycles. The Balaban J connectivity index is 1.58. The normalized spacial score (nSPS) is 27.4. The van der Waals surface area contributed by atoms with Gasteiger partial charge >= 0.3 is 29.8 Å². The van der Waals surface area contributed by atoms with Crippen molar-refractivity contribution in [2.45, 2.75) is 110 Å². The number of carbonyl (C=O) groups excluding carboxylic acids is 7. The van der Waals surface area contributed by atoms with E-state index in [1.807, 2.05) is 0 Å². The number of esters is 5. The maximum atomic E-state index is 14.4. The maximum Gasteiger partial charge on any atom is 0.338 e. The number of ether oxygens (including phenoxy) is 5. The van der Waals surface area contributed by atoms with Crippen LogP contribution in [0, 0.1) is 16.7 Å². The summed E-state index contributed by atoms with van der Waals surface area (Å²) in [5.41, 5.74) is -5.06. The molecule has 2 fully saturated rings. The number of ketones is 1. The predicted octanol–water partition coefficient (Wildman–Crippen LogP) is 5.09. The fourth-order valence-corrected chi connectivity index (χ4v) is 9.91. The SMILES string of the molecule is C=C1C(=O)C[C@H](OC(C)=O)[C@@]2(C)[C@@H](OC(C)=O)[C@H](OC(=O)c3ccccc3)C3=C(C)[C@@H](OC(=O)[C@H](O)[C@@H](NC(=O)c4ccccc4)c4ccccc4)C[C@@]3(C(C)(C)O)[C@@H](OC(C)=O)[C@H]12. The molecule has 0 spiro atoms. The summed E-state index contributed by atoms with van der Waals surface area (Å²) in [6.45, 7) is 13.4. The lowest BCUT2D eigenvalue weighted by Gasteiger charge is -2.54. The Bertz CT molecular complexity index is 2360. The zero-order valence-electron chi connectivity index (χ0n) is 36.7. The number of hydrogen-bond donors (Lipinski definition) is 3. The third-order valence-corrected chi connectivity index (χ3v) is 12.9. The number of carbonyl (C=O) groups is 7. The van der Waals surface area contributed by atoms with Gasteiger partial charge in [-0.3, -0.25) is 24.0 Å². The first-order valence-corrected chi connectivity index (χ1v) is 20.9. The minimum atomic E-state index is -2.04. The highest BCUT2D eigenvalue weighted by molar-refractivity contribution is 5.98. The molecular weight excluding hydrogens is 827 g/mol. The van der Waals surface area contributed by atoms with Crippen LogP contribution >= 0.6 is 0 Å². The average molecular weight is 880 g/mol. The summed E-state index contributed by atoms with van der Waals surface area (Å²) in [4.78, 5) is 95.7. The van der Waals surface area contributed by atoms with E-state index in [-0.39, 0.29) is 27.8 Å². The third kappa shape index (κ3) is 8.74. The molecule has 3 N–H and O–H groups in total. The molecule has 10 atom stereocenters. The molecule has 3 aliphatic carbocycles. The number of hydrogen-bond acceptors (Lipinski definition) is 14. The second-order valence-electron chi connectivity index (χ2n) is 17.3. The summed E-state index contributed by atoms with van der Waals surface area (Å²) in [6, 6.07) is 23.0. The number of nitrogens with one attached hydrogen (secondary N) is 1. The molecule has 64 heavy (non-hydrogen) atoms. The van der Waals surface area contributed by atoms with Gasteiger partial charge in [0.2, 0.25) is 0 Å². The number of amides is 1. The highest BCUT2D eigenvalue weighted by Gasteiger charge is 2.74. The van der Waals surface area contributed by atoms with Gasteiger partial charge in [-0.05, 0) is 67.3 Å². The van der Waals surface area contributed by atoms with Gasteiger partial charge in [0.15, 0.2) is 24.1 Å². The monoisotopic (exact) mass is 879 g/mol. The Morgan fingerprint density at radius 1 is 0.766 bits per heavy atom. The van der Waals surface area contributed by atoms with E-state index in [1.54, 1.807) is 85.8 Å². The van der Waals surface area contributed by atoms with Crippen molar-refractivity contribution in [1.29, 1.82) is 0 Å². The lowest BCUT2D eigenvalue weighted by Crippen LogP contribution is -2.63. The van der Waals surface area contributed by atoms with E-state index >= 15 is 0 Å². The fraction of sp³-hybridized carbons (Fsp3) is 0.408. The Morgan fingerprint density at radius 2 is 1.28 bits per heavy atom. The summed E-state index contributed by atoms with van der Waals surface area (Å²) < 4.78 is 30.8. The van der Waals surface area contributed by atoms with Crippen molar-refractivity contribution in [1.82, 2.24) is 5.32 Å². The Hall–Kier alpha value is -6.45. The summed E-state index contributed by atoms with van der Waals surface area (Å²) in [6.07, 6.45) is -10.7. The van der Waals surface area contributed by atoms with Gasteiger partial charge in [0.05, 0.1) is 28.0 Å². The van der Waals surface area contributed by atoms with Crippen molar-refractivity contribution in [3.8, 4) is 0 Å². The van der Waals surface area contributed by atoms with Gasteiger partial charge < -0.3 is 39.2 Å². The van der Waals surface area contributed by atoms with Crippen LogP contribution in [-0.2, 0) is 47.7 Å². The standard InChI is InChI=1S/C49H53NO14/c1-26-34(54)24-36(60-28(3)51)48(8)38(26)42(61-29(4)52)49(47(6,7)59)25-35(27(2)37(49)41(43(48)62-30(5)53)64-45(57)33-22-16-11-17-23-33)63-46(58)40(55)39(31-18-12-9-13-19-31)50-44(56)32-20-14-10-15-21-32/h9-23,35-36,38-43,55,59H,1,24-25H2,2-8H3,(H,50,56)/t35-,36-,38-,39-,40+,41+,42-,43-,48+,49-/m0/s1. The van der Waals surface area contributed by atoms with Crippen LogP contribution in [-0.4, -0.2) is 94.0 Å². The Kier molecular flexibility index (Phi) is 13.5. The Labute approximate surface area is 370 Å². The van der Waals surface area contributed by atoms with Gasteiger partial charge in [0, 0.05) is 45.1 Å². The van der Waals surface area contributed by atoms with Crippen LogP contribution in [0.3, 0.4) is 0 Å². The largest absolute Gasteiger partial charge is 0.461 e. The maximum absolute atomic E-state index is 14.4. The molecule has 0 heterocycles. The van der Waals surface area contributed by atoms with Gasteiger partial charge in [-0.15, -0.1) is 0 Å². The van der Waals surface area contributed by atoms with E-state index in [4.69, 9.17) is 23.7 Å². The third-order valence-electron chi connectivity index (χ3n) is 12.9. The van der Waals surface area contributed by atoms with Crippen molar-refractivity contribution < 1.29 is 67.5 Å². The molecule has 0 bridgehead atoms. The zero-order chi connectivity index (χ0) is 46.9. The molecule has 338 valence electrons. The number of rotatable bonds is 12. The van der Waals surface area contributed by atoms with E-state index in [0.29, 0.717) is 5.56 Å². The lowest BCUT2D eigenvalue weighted by atomic mass is 9.54. The summed E-state index contributed by atoms with van der Waals surface area (Å²) in [7, 11) is 0. The number of aliphatic hydroxyl groups is 2. The molecule has 0 unspecified atom stereocenters. The zero-order valence-corrected chi connectivity index (χ0v) is 36.7. The average Bonchev–Trinajstić information content (AvgIpc) is 3.51. The van der Waals surface area contributed by atoms with Gasteiger partial charge in [-0.2, -0.15) is 0 Å². The summed E-state index contributed by atoms with van der Waals surface area (Å²) >= 11 is 0. The number of fused-ring (bicyclic) bond motifs is 2. The Morgan fingerprint density at radius 3 is 1.81 bits per heavy atom. The lowest BCUT2D eigenvalue weighted by molar-refractivity contribution is -0.208. The first kappa shape index (κ1) is 47.0. The predicted molar refractivity (Wildman–Crippen MR) is 228 cm³/mol. The molecule has 3 aromatic carbocycles. The highest BCUT2D eigenvalue weighted by Crippen LogP contribution is 2.66. The van der Waals surface area contributed by atoms with Crippen molar-refractivity contribution in [3.05, 3.63) is 131 Å². The van der Waals surface area contributed by atoms with Gasteiger partial charge in [-0.25, -0.2) is 9.59 Å². The second kappa shape index (κ2) is 18.3. The molecule has 6 rings (SSSR count). The first-order valence-electron chi connectivity index (χ1n) is 20.9. The van der Waals surface area contributed by atoms with Gasteiger partial charge in [0.1, 0.15) is 18.3 Å². The second-order valence-corrected chi connectivity index (χ2v) is 17.3. The fourth-order valence-electron chi connectivity index (χ4n) is 9.91. The van der Waals surface area contributed by atoms with Crippen LogP contribution in [0.2, 0.25) is 0 Å². The molecule has 15 heteroatoms. The van der Waals surface area contributed by atoms with Crippen LogP contribution < -0.4 is 5.32 Å². The van der Waals surface area contributed by atoms with Crippen LogP contribution in [0.5, 0.6) is 0 Å². The van der Waals surface area contributed by atoms with Crippen LogP contribution in [0.4, 0.5) is 0 Å². The molecule has 0 saturated heterocycles. The van der Waals surface area contributed by atoms with Crippen molar-refractivity contribution in [3.63, 3.8) is 0 Å². The molecule has 0 aliphatic heterocycles. The number of aliphatic hydroxyl groups excluding tert-OH is 1. The van der Waals surface area contributed by atoms with E-state index in [9.17, 15) is 43.8 Å². The van der Waals surface area contributed by atoms with Crippen molar-refractivity contribution in [2.75, 3.05) is 0 Å². The van der Waals surface area contributed by atoms with Crippen LogP contribution in [0.15, 0.2) is 114 Å². The molecule has 0 radical (unpaired) electrons. The van der Waals surface area contributed by atoms with E-state index in [2.05, 4.69) is 11.9 Å². The van der Waals surface area contributed by atoms with E-state index in [0.717, 1.165) is 20.8 Å². The summed E-state index contributed by atoms with van der Waals surface area (Å²) in [5, 5.41) is 27.3. The molecular formula is C49H53NO14. The first-order chi connectivity index (χ1) is 30.1. The minimum absolute atomic E-state index is 0.0171. The topological polar surface area (TPSA) is 218 Å². The minimum Gasteiger partial charge on any atom is -0.461 e. The van der Waals surface area contributed by atoms with Crippen LogP contribution in [0.1, 0.15) is 93.6 Å². The highest BCUT2D eigenvalue weighted by atomic mass is 16.6. The quantitative estimate of drug-likeness (QED) is 0.0935. The van der Waals surface area contributed by atoms with E-state index in [1.165, 1.54) is 32.9 Å². The molecule has 15 nitrogen and oxygen atoms in total. The molecule has 3 aliphatic rings. The smallest absolute Gasteiger partial charge is 0.338 e. The van der Waals surface area contributed by atoms with Gasteiger partial charge in [-0.1, -0.05) is 80.2 Å².